The van der Waals surface area contributed by atoms with Crippen molar-refractivity contribution in [2.24, 2.45) is 5.73 Å². The Labute approximate surface area is 105 Å². The van der Waals surface area contributed by atoms with Crippen LogP contribution in [0.25, 0.3) is 0 Å². The Bertz CT molecular complexity index is 354. The number of nitrogens with two attached hydrogens (primary N) is 1. The third-order valence-corrected chi connectivity index (χ3v) is 3.55. The Morgan fingerprint density at radius 3 is 2.88 bits per heavy atom. The predicted molar refractivity (Wildman–Crippen MR) is 67.7 cm³/mol. The van der Waals surface area contributed by atoms with Gasteiger partial charge in [-0.25, -0.2) is 4.68 Å². The van der Waals surface area contributed by atoms with Gasteiger partial charge in [-0.15, -0.1) is 5.10 Å². The number of tetrazole rings is 1. The molecule has 1 rings (SSSR count). The van der Waals surface area contributed by atoms with Crippen molar-refractivity contribution < 1.29 is 4.79 Å². The summed E-state index contributed by atoms with van der Waals surface area (Å²) in [4.78, 5) is 10.7. The van der Waals surface area contributed by atoms with Gasteiger partial charge in [0.2, 0.25) is 5.91 Å². The zero-order valence-corrected chi connectivity index (χ0v) is 11.1. The summed E-state index contributed by atoms with van der Waals surface area (Å²) in [7, 11) is 0. The van der Waals surface area contributed by atoms with Crippen LogP contribution in [0, 0.1) is 0 Å². The summed E-state index contributed by atoms with van der Waals surface area (Å²) < 4.78 is 1.81. The number of aromatic nitrogens is 4. The molecule has 0 aliphatic carbocycles. The van der Waals surface area contributed by atoms with E-state index < -0.39 is 0 Å². The number of primary amides is 1. The van der Waals surface area contributed by atoms with Gasteiger partial charge in [-0.3, -0.25) is 4.79 Å². The number of carbonyl (C=O) groups excluding carboxylic acids is 1. The maximum absolute atomic E-state index is 10.7. The van der Waals surface area contributed by atoms with Crippen LogP contribution in [0.3, 0.4) is 0 Å². The van der Waals surface area contributed by atoms with Gasteiger partial charge in [0.05, 0.1) is 5.75 Å². The molecule has 96 valence electrons. The summed E-state index contributed by atoms with van der Waals surface area (Å²) in [6.45, 7) is 4.91. The number of rotatable bonds is 8. The average molecular weight is 257 g/mol. The molecule has 1 atom stereocenters. The van der Waals surface area contributed by atoms with E-state index >= 15 is 0 Å². The first-order chi connectivity index (χ1) is 8.19. The quantitative estimate of drug-likeness (QED) is 0.744. The molecule has 1 heterocycles. The van der Waals surface area contributed by atoms with Crippen LogP contribution in [0.15, 0.2) is 0 Å². The van der Waals surface area contributed by atoms with Crippen molar-refractivity contribution in [3.05, 3.63) is 5.82 Å². The van der Waals surface area contributed by atoms with Gasteiger partial charge in [-0.1, -0.05) is 13.3 Å². The van der Waals surface area contributed by atoms with E-state index in [2.05, 4.69) is 22.4 Å². The summed E-state index contributed by atoms with van der Waals surface area (Å²) >= 11 is 1.54. The second-order valence-corrected chi connectivity index (χ2v) is 4.85. The largest absolute Gasteiger partial charge is 0.369 e. The van der Waals surface area contributed by atoms with Gasteiger partial charge in [0.15, 0.2) is 5.82 Å². The van der Waals surface area contributed by atoms with Crippen LogP contribution in [-0.4, -0.2) is 37.6 Å². The summed E-state index contributed by atoms with van der Waals surface area (Å²) in [6.07, 6.45) is 2.09. The second-order valence-electron chi connectivity index (χ2n) is 3.82. The van der Waals surface area contributed by atoms with Crippen molar-refractivity contribution >= 4 is 17.7 Å². The number of hydrogen-bond acceptors (Lipinski definition) is 5. The lowest BCUT2D eigenvalue weighted by Gasteiger charge is -2.14. The monoisotopic (exact) mass is 257 g/mol. The molecule has 0 fully saturated rings. The minimum Gasteiger partial charge on any atom is -0.369 e. The van der Waals surface area contributed by atoms with Gasteiger partial charge >= 0.3 is 0 Å². The van der Waals surface area contributed by atoms with Crippen LogP contribution in [0.2, 0.25) is 0 Å². The van der Waals surface area contributed by atoms with Crippen molar-refractivity contribution in [1.29, 1.82) is 0 Å². The van der Waals surface area contributed by atoms with Crippen molar-refractivity contribution in [2.45, 2.75) is 39.2 Å². The number of hydrogen-bond donors (Lipinski definition) is 1. The Hall–Kier alpha value is -1.11. The van der Waals surface area contributed by atoms with E-state index in [0.717, 1.165) is 31.0 Å². The van der Waals surface area contributed by atoms with E-state index in [4.69, 9.17) is 5.73 Å². The van der Waals surface area contributed by atoms with Gasteiger partial charge < -0.3 is 5.73 Å². The highest BCUT2D eigenvalue weighted by molar-refractivity contribution is 7.99. The number of aryl methyl sites for hydroxylation is 1. The molecule has 17 heavy (non-hydrogen) atoms. The SMILES string of the molecule is CCCC(CSCC(N)=O)c1nnnn1CC. The first-order valence-electron chi connectivity index (χ1n) is 5.81. The highest BCUT2D eigenvalue weighted by Crippen LogP contribution is 2.23. The molecule has 7 heteroatoms. The molecule has 0 aliphatic rings. The number of amides is 1. The maximum Gasteiger partial charge on any atom is 0.227 e. The summed E-state index contributed by atoms with van der Waals surface area (Å²) in [5, 5.41) is 11.7. The highest BCUT2D eigenvalue weighted by Gasteiger charge is 2.18. The Morgan fingerprint density at radius 1 is 1.53 bits per heavy atom. The van der Waals surface area contributed by atoms with Crippen LogP contribution in [-0.2, 0) is 11.3 Å². The third-order valence-electron chi connectivity index (χ3n) is 2.42. The van der Waals surface area contributed by atoms with Gasteiger partial charge in [0.25, 0.3) is 0 Å². The average Bonchev–Trinajstić information content (AvgIpc) is 2.75. The number of carbonyl (C=O) groups is 1. The minimum atomic E-state index is -0.277. The van der Waals surface area contributed by atoms with E-state index in [9.17, 15) is 4.79 Å². The first-order valence-corrected chi connectivity index (χ1v) is 6.96. The van der Waals surface area contributed by atoms with Crippen molar-refractivity contribution in [3.63, 3.8) is 0 Å². The van der Waals surface area contributed by atoms with Crippen LogP contribution < -0.4 is 5.73 Å². The van der Waals surface area contributed by atoms with Gasteiger partial charge in [-0.2, -0.15) is 11.8 Å². The second kappa shape index (κ2) is 7.26. The van der Waals surface area contributed by atoms with Gasteiger partial charge in [0, 0.05) is 18.2 Å². The molecule has 1 unspecified atom stereocenters. The van der Waals surface area contributed by atoms with Crippen molar-refractivity contribution in [1.82, 2.24) is 20.2 Å². The Kier molecular flexibility index (Phi) is 5.96. The minimum absolute atomic E-state index is 0.277. The lowest BCUT2D eigenvalue weighted by Crippen LogP contribution is -2.16. The molecule has 0 saturated carbocycles. The smallest absolute Gasteiger partial charge is 0.227 e. The van der Waals surface area contributed by atoms with Gasteiger partial charge in [0.1, 0.15) is 0 Å². The van der Waals surface area contributed by atoms with Crippen LogP contribution in [0.5, 0.6) is 0 Å². The van der Waals surface area contributed by atoms with E-state index in [0.29, 0.717) is 11.7 Å². The fraction of sp³-hybridized carbons (Fsp3) is 0.800. The highest BCUT2D eigenvalue weighted by atomic mass is 32.2. The molecule has 1 aromatic heterocycles. The fourth-order valence-electron chi connectivity index (χ4n) is 1.67. The van der Waals surface area contributed by atoms with E-state index in [1.54, 1.807) is 11.8 Å². The maximum atomic E-state index is 10.7. The van der Waals surface area contributed by atoms with Crippen molar-refractivity contribution in [3.8, 4) is 0 Å². The summed E-state index contributed by atoms with van der Waals surface area (Å²) in [5.41, 5.74) is 5.12. The molecule has 6 nitrogen and oxygen atoms in total. The van der Waals surface area contributed by atoms with Crippen LogP contribution >= 0.6 is 11.8 Å². The molecule has 0 saturated heterocycles. The first kappa shape index (κ1) is 14.0. The molecule has 1 amide bonds. The number of nitrogens with zero attached hydrogens (tertiary/aromatic N) is 4. The normalized spacial score (nSPS) is 12.6. The topological polar surface area (TPSA) is 86.7 Å². The van der Waals surface area contributed by atoms with E-state index in [-0.39, 0.29) is 5.91 Å². The molecular weight excluding hydrogens is 238 g/mol. The molecule has 0 radical (unpaired) electrons. The third kappa shape index (κ3) is 4.33. The predicted octanol–water partition coefficient (Wildman–Crippen LogP) is 0.795. The summed E-state index contributed by atoms with van der Waals surface area (Å²) in [5.74, 6) is 2.11. The Morgan fingerprint density at radius 2 is 2.29 bits per heavy atom. The standard InChI is InChI=1S/C10H19N5OS/c1-3-5-8(6-17-7-9(11)16)10-12-13-14-15(10)4-2/h8H,3-7H2,1-2H3,(H2,11,16). The lowest BCUT2D eigenvalue weighted by molar-refractivity contribution is -0.115. The summed E-state index contributed by atoms with van der Waals surface area (Å²) in [6, 6.07) is 0. The van der Waals surface area contributed by atoms with Crippen molar-refractivity contribution in [2.75, 3.05) is 11.5 Å². The van der Waals surface area contributed by atoms with E-state index in [1.807, 2.05) is 11.6 Å². The Balaban J connectivity index is 2.61. The van der Waals surface area contributed by atoms with Crippen LogP contribution in [0.4, 0.5) is 0 Å². The zero-order chi connectivity index (χ0) is 12.7. The molecule has 0 spiro atoms. The van der Waals surface area contributed by atoms with Gasteiger partial charge in [-0.05, 0) is 23.8 Å². The lowest BCUT2D eigenvalue weighted by atomic mass is 10.1. The zero-order valence-electron chi connectivity index (χ0n) is 10.3. The van der Waals surface area contributed by atoms with E-state index in [1.165, 1.54) is 0 Å². The molecule has 0 aliphatic heterocycles. The molecule has 0 bridgehead atoms. The number of thioether (sulfide) groups is 1. The molecule has 0 aromatic carbocycles. The molecule has 2 N–H and O–H groups in total. The molecule has 1 aromatic rings. The fourth-order valence-corrected chi connectivity index (χ4v) is 2.59. The van der Waals surface area contributed by atoms with Crippen LogP contribution in [0.1, 0.15) is 38.4 Å². The molecular formula is C10H19N5OS.